The van der Waals surface area contributed by atoms with Crippen LogP contribution < -0.4 is 4.74 Å². The van der Waals surface area contributed by atoms with Crippen LogP contribution in [0.3, 0.4) is 0 Å². The fourth-order valence-electron chi connectivity index (χ4n) is 1.16. The third kappa shape index (κ3) is 1.79. The summed E-state index contributed by atoms with van der Waals surface area (Å²) in [6, 6.07) is 1.74. The van der Waals surface area contributed by atoms with Gasteiger partial charge >= 0.3 is 0 Å². The smallest absolute Gasteiger partial charge is 0.240 e. The van der Waals surface area contributed by atoms with Crippen molar-refractivity contribution >= 4 is 23.4 Å². The second-order valence-electron chi connectivity index (χ2n) is 2.89. The number of methoxy groups -OCH3 is 1. The largest absolute Gasteiger partial charge is 0.493 e. The van der Waals surface area contributed by atoms with Crippen molar-refractivity contribution in [3.63, 3.8) is 0 Å². The number of hydrogen-bond donors (Lipinski definition) is 0. The van der Waals surface area contributed by atoms with Crippen LogP contribution in [0.25, 0.3) is 0 Å². The van der Waals surface area contributed by atoms with E-state index in [0.29, 0.717) is 16.5 Å². The Labute approximate surface area is 87.4 Å². The van der Waals surface area contributed by atoms with E-state index in [2.05, 4.69) is 4.99 Å². The molecule has 0 spiro atoms. The first-order valence-corrected chi connectivity index (χ1v) is 4.41. The molecular formula is C10H10ClNO2. The van der Waals surface area contributed by atoms with E-state index in [4.69, 9.17) is 16.3 Å². The molecule has 0 fully saturated rings. The maximum Gasteiger partial charge on any atom is 0.240 e. The summed E-state index contributed by atoms with van der Waals surface area (Å²) < 4.78 is 5.06. The Hall–Kier alpha value is -1.31. The zero-order chi connectivity index (χ0) is 10.7. The van der Waals surface area contributed by atoms with Crippen molar-refractivity contribution in [1.29, 1.82) is 0 Å². The first kappa shape index (κ1) is 10.8. The van der Waals surface area contributed by atoms with Gasteiger partial charge in [-0.15, -0.1) is 0 Å². The lowest BCUT2D eigenvalue weighted by Gasteiger charge is -2.10. The molecule has 0 N–H and O–H groups in total. The molecule has 0 saturated carbocycles. The summed E-state index contributed by atoms with van der Waals surface area (Å²) in [5.41, 5.74) is 2.30. The average molecular weight is 212 g/mol. The fraction of sp³-hybridized carbons (Fsp3) is 0.300. The number of nitrogens with zero attached hydrogens (tertiary/aromatic N) is 1. The highest BCUT2D eigenvalue weighted by atomic mass is 35.5. The molecule has 1 rings (SSSR count). The number of aryl methyl sites for hydroxylation is 1. The molecule has 0 aliphatic rings. The standard InChI is InChI=1S/C10H10ClNO2/c1-6-4-8(12-5-13)10(14-3)9(11)7(6)2/h4H,1-3H3. The highest BCUT2D eigenvalue weighted by molar-refractivity contribution is 6.33. The van der Waals surface area contributed by atoms with Crippen LogP contribution in [0.15, 0.2) is 11.1 Å². The van der Waals surface area contributed by atoms with Crippen LogP contribution in [0.2, 0.25) is 5.02 Å². The molecular weight excluding hydrogens is 202 g/mol. The summed E-state index contributed by atoms with van der Waals surface area (Å²) >= 11 is 6.02. The Kier molecular flexibility index (Phi) is 3.28. The van der Waals surface area contributed by atoms with Crippen LogP contribution in [-0.2, 0) is 4.79 Å². The van der Waals surface area contributed by atoms with Gasteiger partial charge in [-0.2, -0.15) is 4.99 Å². The van der Waals surface area contributed by atoms with E-state index >= 15 is 0 Å². The van der Waals surface area contributed by atoms with Gasteiger partial charge < -0.3 is 4.74 Å². The molecule has 0 atom stereocenters. The number of aliphatic imine (C=N–C) groups is 1. The predicted molar refractivity (Wildman–Crippen MR) is 55.3 cm³/mol. The van der Waals surface area contributed by atoms with Crippen molar-refractivity contribution in [3.05, 3.63) is 22.2 Å². The van der Waals surface area contributed by atoms with Gasteiger partial charge in [0.2, 0.25) is 6.08 Å². The van der Waals surface area contributed by atoms with Gasteiger partial charge in [0.1, 0.15) is 5.69 Å². The predicted octanol–water partition coefficient (Wildman–Crippen LogP) is 2.93. The molecule has 0 bridgehead atoms. The van der Waals surface area contributed by atoms with Gasteiger partial charge in [0, 0.05) is 0 Å². The molecule has 0 radical (unpaired) electrons. The van der Waals surface area contributed by atoms with E-state index in [9.17, 15) is 4.79 Å². The molecule has 3 nitrogen and oxygen atoms in total. The minimum absolute atomic E-state index is 0.413. The van der Waals surface area contributed by atoms with Gasteiger partial charge in [-0.05, 0) is 31.0 Å². The Morgan fingerprint density at radius 3 is 2.64 bits per heavy atom. The summed E-state index contributed by atoms with van der Waals surface area (Å²) in [4.78, 5) is 13.7. The monoisotopic (exact) mass is 211 g/mol. The van der Waals surface area contributed by atoms with Crippen molar-refractivity contribution in [1.82, 2.24) is 0 Å². The van der Waals surface area contributed by atoms with Crippen LogP contribution in [0.5, 0.6) is 5.75 Å². The number of hydrogen-bond acceptors (Lipinski definition) is 3. The lowest BCUT2D eigenvalue weighted by atomic mass is 10.1. The van der Waals surface area contributed by atoms with Crippen molar-refractivity contribution in [2.75, 3.05) is 7.11 Å². The van der Waals surface area contributed by atoms with Crippen molar-refractivity contribution < 1.29 is 9.53 Å². The Bertz CT molecular complexity index is 409. The number of rotatable bonds is 2. The zero-order valence-electron chi connectivity index (χ0n) is 8.22. The first-order chi connectivity index (χ1) is 6.61. The summed E-state index contributed by atoms with van der Waals surface area (Å²) in [5.74, 6) is 0.415. The topological polar surface area (TPSA) is 38.7 Å². The van der Waals surface area contributed by atoms with Crippen LogP contribution in [-0.4, -0.2) is 13.2 Å². The van der Waals surface area contributed by atoms with E-state index in [0.717, 1.165) is 11.1 Å². The number of ether oxygens (including phenoxy) is 1. The average Bonchev–Trinajstić information content (AvgIpc) is 2.16. The SMILES string of the molecule is COc1c(N=C=O)cc(C)c(C)c1Cl. The minimum atomic E-state index is 0.413. The van der Waals surface area contributed by atoms with E-state index in [1.165, 1.54) is 13.2 Å². The van der Waals surface area contributed by atoms with Gasteiger partial charge in [-0.25, -0.2) is 4.79 Å². The Balaban J connectivity index is 3.50. The summed E-state index contributed by atoms with van der Waals surface area (Å²) in [7, 11) is 1.49. The Morgan fingerprint density at radius 1 is 1.50 bits per heavy atom. The quantitative estimate of drug-likeness (QED) is 0.557. The van der Waals surface area contributed by atoms with E-state index in [-0.39, 0.29) is 0 Å². The summed E-state index contributed by atoms with van der Waals surface area (Å²) in [6.07, 6.45) is 1.47. The third-order valence-electron chi connectivity index (χ3n) is 2.08. The highest BCUT2D eigenvalue weighted by Gasteiger charge is 2.12. The van der Waals surface area contributed by atoms with E-state index < -0.39 is 0 Å². The second kappa shape index (κ2) is 4.27. The minimum Gasteiger partial charge on any atom is -0.493 e. The van der Waals surface area contributed by atoms with E-state index in [1.54, 1.807) is 6.07 Å². The molecule has 1 aromatic carbocycles. The first-order valence-electron chi connectivity index (χ1n) is 4.03. The zero-order valence-corrected chi connectivity index (χ0v) is 8.97. The fourth-order valence-corrected chi connectivity index (χ4v) is 1.48. The van der Waals surface area contributed by atoms with Gasteiger partial charge in [-0.3, -0.25) is 0 Å². The lowest BCUT2D eigenvalue weighted by Crippen LogP contribution is -1.90. The van der Waals surface area contributed by atoms with Gasteiger partial charge in [-0.1, -0.05) is 11.6 Å². The molecule has 14 heavy (non-hydrogen) atoms. The molecule has 0 amide bonds. The number of benzene rings is 1. The van der Waals surface area contributed by atoms with Crippen molar-refractivity contribution in [2.45, 2.75) is 13.8 Å². The maximum absolute atomic E-state index is 10.2. The second-order valence-corrected chi connectivity index (χ2v) is 3.27. The number of isocyanates is 1. The molecule has 0 aliphatic carbocycles. The van der Waals surface area contributed by atoms with Gasteiger partial charge in [0.05, 0.1) is 12.1 Å². The normalized spacial score (nSPS) is 9.43. The van der Waals surface area contributed by atoms with E-state index in [1.807, 2.05) is 13.8 Å². The number of carbonyl (C=O) groups excluding carboxylic acids is 1. The molecule has 0 heterocycles. The Morgan fingerprint density at radius 2 is 2.14 bits per heavy atom. The van der Waals surface area contributed by atoms with Crippen molar-refractivity contribution in [2.24, 2.45) is 4.99 Å². The molecule has 0 saturated heterocycles. The third-order valence-corrected chi connectivity index (χ3v) is 2.53. The van der Waals surface area contributed by atoms with Crippen LogP contribution in [0, 0.1) is 13.8 Å². The van der Waals surface area contributed by atoms with Gasteiger partial charge in [0.15, 0.2) is 5.75 Å². The molecule has 74 valence electrons. The summed E-state index contributed by atoms with van der Waals surface area (Å²) in [6.45, 7) is 3.78. The molecule has 4 heteroatoms. The number of halogens is 1. The maximum atomic E-state index is 10.2. The lowest BCUT2D eigenvalue weighted by molar-refractivity contribution is 0.416. The van der Waals surface area contributed by atoms with Crippen LogP contribution >= 0.6 is 11.6 Å². The van der Waals surface area contributed by atoms with Crippen LogP contribution in [0.4, 0.5) is 5.69 Å². The molecule has 0 aromatic heterocycles. The molecule has 0 aliphatic heterocycles. The molecule has 0 unspecified atom stereocenters. The van der Waals surface area contributed by atoms with Crippen molar-refractivity contribution in [3.8, 4) is 5.75 Å². The van der Waals surface area contributed by atoms with Crippen LogP contribution in [0.1, 0.15) is 11.1 Å². The highest BCUT2D eigenvalue weighted by Crippen LogP contribution is 2.38. The van der Waals surface area contributed by atoms with Gasteiger partial charge in [0.25, 0.3) is 0 Å². The molecule has 1 aromatic rings. The summed E-state index contributed by atoms with van der Waals surface area (Å²) in [5, 5.41) is 0.488.